The average Bonchev–Trinajstić information content (AvgIpc) is 2.95. The van der Waals surface area contributed by atoms with Gasteiger partial charge in [-0.1, -0.05) is 24.3 Å². The predicted molar refractivity (Wildman–Crippen MR) is 114 cm³/mol. The van der Waals surface area contributed by atoms with E-state index in [4.69, 9.17) is 4.74 Å². The second-order valence-corrected chi connectivity index (χ2v) is 8.20. The Morgan fingerprint density at radius 3 is 2.37 bits per heavy atom. The largest absolute Gasteiger partial charge is 0.372 e. The van der Waals surface area contributed by atoms with Crippen molar-refractivity contribution in [1.29, 1.82) is 0 Å². The number of pyridine rings is 1. The number of aryl methyl sites for hydroxylation is 2. The number of benzene rings is 1. The lowest BCUT2D eigenvalue weighted by Crippen LogP contribution is -2.46. The van der Waals surface area contributed by atoms with Crippen molar-refractivity contribution in [3.8, 4) is 0 Å². The van der Waals surface area contributed by atoms with E-state index in [9.17, 15) is 9.59 Å². The summed E-state index contributed by atoms with van der Waals surface area (Å²) in [5.41, 5.74) is 4.65. The molecule has 2 amide bonds. The number of rotatable bonds is 4. The quantitative estimate of drug-likeness (QED) is 0.732. The summed E-state index contributed by atoms with van der Waals surface area (Å²) in [5, 5.41) is 0. The highest BCUT2D eigenvalue weighted by atomic mass is 16.5. The van der Waals surface area contributed by atoms with E-state index in [0.29, 0.717) is 30.1 Å². The highest BCUT2D eigenvalue weighted by molar-refractivity contribution is 6.35. The number of ether oxygens (including phenoxy) is 1. The Balaban J connectivity index is 1.78. The van der Waals surface area contributed by atoms with Gasteiger partial charge in [-0.2, -0.15) is 0 Å². The molecule has 156 valence electrons. The van der Waals surface area contributed by atoms with Crippen LogP contribution in [0, 0.1) is 13.8 Å². The molecule has 0 spiro atoms. The minimum Gasteiger partial charge on any atom is -0.372 e. The maximum Gasteiger partial charge on any atom is 0.278 e. The Morgan fingerprint density at radius 1 is 1.00 bits per heavy atom. The summed E-state index contributed by atoms with van der Waals surface area (Å²) >= 11 is 0. The Bertz CT molecular complexity index is 1010. The van der Waals surface area contributed by atoms with Gasteiger partial charge in [0.2, 0.25) is 0 Å². The van der Waals surface area contributed by atoms with Crippen LogP contribution in [0.15, 0.2) is 48.3 Å². The minimum atomic E-state index is -0.268. The zero-order valence-corrected chi connectivity index (χ0v) is 17.9. The van der Waals surface area contributed by atoms with Crippen molar-refractivity contribution < 1.29 is 14.3 Å². The second kappa shape index (κ2) is 8.03. The topological polar surface area (TPSA) is 62.7 Å². The standard InChI is InChI=1S/C24H27N3O3/c1-15-8-9-19(11-16(15)2)21-22(26-12-17(3)30-18(4)13-26)24(29)27(23(21)28)14-20-7-5-6-10-25-20/h5-11,17-18H,12-14H2,1-4H3. The lowest BCUT2D eigenvalue weighted by atomic mass is 9.99. The SMILES string of the molecule is Cc1ccc(C2=C(N3CC(C)OC(C)C3)C(=O)N(Cc3ccccn3)C2=O)cc1C. The molecule has 4 rings (SSSR count). The molecule has 2 aliphatic heterocycles. The molecule has 1 aromatic carbocycles. The number of amides is 2. The number of nitrogens with zero attached hydrogens (tertiary/aromatic N) is 3. The summed E-state index contributed by atoms with van der Waals surface area (Å²) in [6, 6.07) is 11.4. The van der Waals surface area contributed by atoms with Gasteiger partial charge < -0.3 is 9.64 Å². The first-order valence-corrected chi connectivity index (χ1v) is 10.3. The van der Waals surface area contributed by atoms with E-state index in [0.717, 1.165) is 16.7 Å². The van der Waals surface area contributed by atoms with Gasteiger partial charge in [-0.05, 0) is 56.5 Å². The molecule has 3 heterocycles. The van der Waals surface area contributed by atoms with Crippen LogP contribution in [-0.4, -0.2) is 51.9 Å². The molecule has 0 N–H and O–H groups in total. The highest BCUT2D eigenvalue weighted by Gasteiger charge is 2.43. The van der Waals surface area contributed by atoms with Crippen molar-refractivity contribution in [1.82, 2.24) is 14.8 Å². The Morgan fingerprint density at radius 2 is 1.73 bits per heavy atom. The molecule has 1 saturated heterocycles. The summed E-state index contributed by atoms with van der Waals surface area (Å²) in [5.74, 6) is -0.532. The van der Waals surface area contributed by atoms with Crippen LogP contribution < -0.4 is 0 Å². The molecule has 0 aliphatic carbocycles. The monoisotopic (exact) mass is 405 g/mol. The Labute approximate surface area is 177 Å². The zero-order valence-electron chi connectivity index (χ0n) is 17.9. The molecule has 1 aromatic heterocycles. The zero-order chi connectivity index (χ0) is 21.4. The van der Waals surface area contributed by atoms with Crippen molar-refractivity contribution in [3.63, 3.8) is 0 Å². The van der Waals surface area contributed by atoms with E-state index in [-0.39, 0.29) is 30.6 Å². The van der Waals surface area contributed by atoms with Crippen molar-refractivity contribution >= 4 is 17.4 Å². The number of imide groups is 1. The predicted octanol–water partition coefficient (Wildman–Crippen LogP) is 3.09. The first-order valence-electron chi connectivity index (χ1n) is 10.3. The van der Waals surface area contributed by atoms with Gasteiger partial charge in [0.05, 0.1) is 30.0 Å². The number of morpholine rings is 1. The van der Waals surface area contributed by atoms with Gasteiger partial charge in [0.1, 0.15) is 5.70 Å². The number of aromatic nitrogens is 1. The third kappa shape index (κ3) is 3.75. The third-order valence-corrected chi connectivity index (χ3v) is 5.72. The van der Waals surface area contributed by atoms with Crippen LogP contribution in [0.2, 0.25) is 0 Å². The van der Waals surface area contributed by atoms with Crippen LogP contribution >= 0.6 is 0 Å². The Kier molecular flexibility index (Phi) is 5.43. The molecule has 2 unspecified atom stereocenters. The van der Waals surface area contributed by atoms with Gasteiger partial charge in [0.15, 0.2) is 0 Å². The second-order valence-electron chi connectivity index (χ2n) is 8.20. The summed E-state index contributed by atoms with van der Waals surface area (Å²) in [4.78, 5) is 34.6. The lowest BCUT2D eigenvalue weighted by molar-refractivity contribution is -0.139. The summed E-state index contributed by atoms with van der Waals surface area (Å²) in [6.45, 7) is 9.35. The maximum atomic E-state index is 13.5. The molecule has 2 atom stereocenters. The fourth-order valence-corrected chi connectivity index (χ4v) is 4.17. The van der Waals surface area contributed by atoms with E-state index < -0.39 is 0 Å². The third-order valence-electron chi connectivity index (χ3n) is 5.72. The van der Waals surface area contributed by atoms with Crippen LogP contribution in [0.3, 0.4) is 0 Å². The molecule has 0 radical (unpaired) electrons. The molecular weight excluding hydrogens is 378 g/mol. The first-order chi connectivity index (χ1) is 14.3. The number of hydrogen-bond acceptors (Lipinski definition) is 5. The molecule has 6 nitrogen and oxygen atoms in total. The Hall–Kier alpha value is -2.99. The molecule has 0 bridgehead atoms. The van der Waals surface area contributed by atoms with E-state index in [1.807, 2.05) is 69.0 Å². The number of carbonyl (C=O) groups is 2. The van der Waals surface area contributed by atoms with Crippen LogP contribution in [0.1, 0.15) is 36.2 Å². The van der Waals surface area contributed by atoms with E-state index >= 15 is 0 Å². The minimum absolute atomic E-state index is 0.0185. The van der Waals surface area contributed by atoms with E-state index in [1.165, 1.54) is 4.90 Å². The van der Waals surface area contributed by atoms with Crippen LogP contribution in [0.4, 0.5) is 0 Å². The van der Waals surface area contributed by atoms with Crippen molar-refractivity contribution in [2.45, 2.75) is 46.4 Å². The van der Waals surface area contributed by atoms with Crippen LogP contribution in [0.25, 0.3) is 5.57 Å². The van der Waals surface area contributed by atoms with E-state index in [1.54, 1.807) is 6.20 Å². The van der Waals surface area contributed by atoms with Gasteiger partial charge in [-0.25, -0.2) is 0 Å². The van der Waals surface area contributed by atoms with Gasteiger partial charge in [0, 0.05) is 19.3 Å². The van der Waals surface area contributed by atoms with Gasteiger partial charge >= 0.3 is 0 Å². The van der Waals surface area contributed by atoms with Gasteiger partial charge in [-0.15, -0.1) is 0 Å². The van der Waals surface area contributed by atoms with Gasteiger partial charge in [-0.3, -0.25) is 19.5 Å². The number of carbonyl (C=O) groups excluding carboxylic acids is 2. The van der Waals surface area contributed by atoms with Crippen LogP contribution in [-0.2, 0) is 20.9 Å². The molecule has 30 heavy (non-hydrogen) atoms. The smallest absolute Gasteiger partial charge is 0.278 e. The molecule has 6 heteroatoms. The van der Waals surface area contributed by atoms with E-state index in [2.05, 4.69) is 4.98 Å². The molecule has 2 aliphatic rings. The fraction of sp³-hybridized carbons (Fsp3) is 0.375. The highest BCUT2D eigenvalue weighted by Crippen LogP contribution is 2.34. The van der Waals surface area contributed by atoms with Gasteiger partial charge in [0.25, 0.3) is 11.8 Å². The van der Waals surface area contributed by atoms with Crippen molar-refractivity contribution in [2.24, 2.45) is 0 Å². The fourth-order valence-electron chi connectivity index (χ4n) is 4.17. The van der Waals surface area contributed by atoms with Crippen molar-refractivity contribution in [3.05, 3.63) is 70.7 Å². The molecule has 0 saturated carbocycles. The first kappa shape index (κ1) is 20.3. The molecule has 1 fully saturated rings. The lowest BCUT2D eigenvalue weighted by Gasteiger charge is -2.37. The summed E-state index contributed by atoms with van der Waals surface area (Å²) in [7, 11) is 0. The molecular formula is C24H27N3O3. The number of hydrogen-bond donors (Lipinski definition) is 0. The van der Waals surface area contributed by atoms with Crippen LogP contribution in [0.5, 0.6) is 0 Å². The summed E-state index contributed by atoms with van der Waals surface area (Å²) in [6.07, 6.45) is 1.63. The summed E-state index contributed by atoms with van der Waals surface area (Å²) < 4.78 is 5.85. The maximum absolute atomic E-state index is 13.5. The molecule has 2 aromatic rings. The van der Waals surface area contributed by atoms with Crippen molar-refractivity contribution in [2.75, 3.05) is 13.1 Å². The normalized spacial score (nSPS) is 22.3. The average molecular weight is 405 g/mol.